The molecule has 0 aliphatic carbocycles. The summed E-state index contributed by atoms with van der Waals surface area (Å²) >= 11 is 0. The fraction of sp³-hybridized carbons (Fsp3) is 0.421. The summed E-state index contributed by atoms with van der Waals surface area (Å²) in [5.41, 5.74) is -1.63. The molecule has 0 N–H and O–H groups in total. The van der Waals surface area contributed by atoms with Crippen molar-refractivity contribution in [2.75, 3.05) is 13.7 Å². The highest BCUT2D eigenvalue weighted by Crippen LogP contribution is 2.29. The maximum atomic E-state index is 12.5. The van der Waals surface area contributed by atoms with Crippen LogP contribution < -0.4 is 0 Å². The van der Waals surface area contributed by atoms with Crippen LogP contribution in [0.1, 0.15) is 26.3 Å². The fourth-order valence-electron chi connectivity index (χ4n) is 2.52. The second kappa shape index (κ2) is 7.70. The van der Waals surface area contributed by atoms with Crippen molar-refractivity contribution in [3.05, 3.63) is 48.0 Å². The zero-order valence-electron chi connectivity index (χ0n) is 15.4. The number of methoxy groups -OCH3 is 1. The van der Waals surface area contributed by atoms with Gasteiger partial charge in [0.1, 0.15) is 5.60 Å². The topological polar surface area (TPSA) is 82.1 Å². The first-order valence-electron chi connectivity index (χ1n) is 8.16. The van der Waals surface area contributed by atoms with E-state index in [0.29, 0.717) is 0 Å². The Morgan fingerprint density at radius 3 is 2.38 bits per heavy atom. The van der Waals surface area contributed by atoms with Crippen LogP contribution in [-0.4, -0.2) is 47.7 Å². The summed E-state index contributed by atoms with van der Waals surface area (Å²) in [6.07, 6.45) is 1.53. The average molecular weight is 361 g/mol. The molecule has 1 heterocycles. The van der Waals surface area contributed by atoms with Crippen LogP contribution in [0.4, 0.5) is 4.79 Å². The lowest BCUT2D eigenvalue weighted by molar-refractivity contribution is -0.158. The molecule has 2 amide bonds. The zero-order chi connectivity index (χ0) is 19.4. The highest BCUT2D eigenvalue weighted by atomic mass is 16.6. The number of carbonyl (C=O) groups is 3. The average Bonchev–Trinajstić information content (AvgIpc) is 2.91. The van der Waals surface area contributed by atoms with Crippen LogP contribution in [0.2, 0.25) is 0 Å². The van der Waals surface area contributed by atoms with Gasteiger partial charge in [-0.25, -0.2) is 14.5 Å². The van der Waals surface area contributed by atoms with Crippen LogP contribution in [0.25, 0.3) is 0 Å². The first kappa shape index (κ1) is 19.7. The third-order valence-corrected chi connectivity index (χ3v) is 3.67. The van der Waals surface area contributed by atoms with Crippen LogP contribution in [0.3, 0.4) is 0 Å². The van der Waals surface area contributed by atoms with Crippen molar-refractivity contribution in [2.24, 2.45) is 0 Å². The lowest BCUT2D eigenvalue weighted by Gasteiger charge is -2.34. The van der Waals surface area contributed by atoms with Crippen molar-refractivity contribution in [1.82, 2.24) is 4.90 Å². The Bertz CT molecular complexity index is 706. The molecule has 0 fully saturated rings. The Labute approximate surface area is 152 Å². The SMILES string of the molecule is COC(=O)[C@@]1(COCc2ccccc2)C=CC(=O)N1C(=O)OC(C)(C)C. The molecule has 1 aliphatic rings. The van der Waals surface area contributed by atoms with Gasteiger partial charge in [0, 0.05) is 6.08 Å². The summed E-state index contributed by atoms with van der Waals surface area (Å²) in [6, 6.07) is 9.34. The van der Waals surface area contributed by atoms with E-state index >= 15 is 0 Å². The molecule has 0 saturated heterocycles. The summed E-state index contributed by atoms with van der Waals surface area (Å²) in [7, 11) is 1.19. The van der Waals surface area contributed by atoms with E-state index in [0.717, 1.165) is 16.5 Å². The van der Waals surface area contributed by atoms with Gasteiger partial charge >= 0.3 is 12.1 Å². The molecule has 0 aromatic heterocycles. The van der Waals surface area contributed by atoms with Gasteiger partial charge in [-0.2, -0.15) is 0 Å². The smallest absolute Gasteiger partial charge is 0.418 e. The number of hydrogen-bond acceptors (Lipinski definition) is 6. The second-order valence-electron chi connectivity index (χ2n) is 6.88. The maximum Gasteiger partial charge on any atom is 0.418 e. The number of imide groups is 1. The number of benzene rings is 1. The number of carbonyl (C=O) groups excluding carboxylic acids is 3. The monoisotopic (exact) mass is 361 g/mol. The van der Waals surface area contributed by atoms with E-state index in [2.05, 4.69) is 0 Å². The van der Waals surface area contributed by atoms with Crippen molar-refractivity contribution in [3.63, 3.8) is 0 Å². The minimum atomic E-state index is -1.69. The molecule has 140 valence electrons. The number of hydrogen-bond donors (Lipinski definition) is 0. The number of esters is 1. The van der Waals surface area contributed by atoms with Crippen molar-refractivity contribution in [1.29, 1.82) is 0 Å². The predicted octanol–water partition coefficient (Wildman–Crippen LogP) is 2.45. The molecule has 1 atom stereocenters. The number of amides is 2. The molecule has 1 aliphatic heterocycles. The molecular weight excluding hydrogens is 338 g/mol. The van der Waals surface area contributed by atoms with Gasteiger partial charge < -0.3 is 14.2 Å². The van der Waals surface area contributed by atoms with Gasteiger partial charge in [-0.3, -0.25) is 4.79 Å². The van der Waals surface area contributed by atoms with Gasteiger partial charge in [0.25, 0.3) is 5.91 Å². The summed E-state index contributed by atoms with van der Waals surface area (Å²) < 4.78 is 15.7. The van der Waals surface area contributed by atoms with E-state index in [1.54, 1.807) is 20.8 Å². The van der Waals surface area contributed by atoms with Crippen LogP contribution in [0, 0.1) is 0 Å². The molecular formula is C19H23NO6. The van der Waals surface area contributed by atoms with Gasteiger partial charge in [-0.15, -0.1) is 0 Å². The second-order valence-corrected chi connectivity index (χ2v) is 6.88. The Balaban J connectivity index is 2.22. The van der Waals surface area contributed by atoms with Crippen molar-refractivity contribution >= 4 is 18.0 Å². The molecule has 1 aromatic rings. The Morgan fingerprint density at radius 1 is 1.15 bits per heavy atom. The van der Waals surface area contributed by atoms with Crippen LogP contribution >= 0.6 is 0 Å². The molecule has 0 radical (unpaired) electrons. The molecule has 7 heteroatoms. The zero-order valence-corrected chi connectivity index (χ0v) is 15.4. The minimum Gasteiger partial charge on any atom is -0.467 e. The molecule has 7 nitrogen and oxygen atoms in total. The predicted molar refractivity (Wildman–Crippen MR) is 93.1 cm³/mol. The van der Waals surface area contributed by atoms with Gasteiger partial charge in [0.2, 0.25) is 0 Å². The Morgan fingerprint density at radius 2 is 1.81 bits per heavy atom. The molecule has 0 saturated carbocycles. The lowest BCUT2D eigenvalue weighted by Crippen LogP contribution is -2.59. The van der Waals surface area contributed by atoms with Crippen LogP contribution in [0.15, 0.2) is 42.5 Å². The van der Waals surface area contributed by atoms with Crippen molar-refractivity contribution in [2.45, 2.75) is 38.5 Å². The van der Waals surface area contributed by atoms with Crippen molar-refractivity contribution in [3.8, 4) is 0 Å². The van der Waals surface area contributed by atoms with E-state index in [1.165, 1.54) is 13.2 Å². The largest absolute Gasteiger partial charge is 0.467 e. The van der Waals surface area contributed by atoms with Gasteiger partial charge in [0.05, 0.1) is 20.3 Å². The molecule has 0 bridgehead atoms. The van der Waals surface area contributed by atoms with Crippen molar-refractivity contribution < 1.29 is 28.6 Å². The number of nitrogens with zero attached hydrogens (tertiary/aromatic N) is 1. The Kier molecular flexibility index (Phi) is 5.82. The molecule has 26 heavy (non-hydrogen) atoms. The third-order valence-electron chi connectivity index (χ3n) is 3.67. The minimum absolute atomic E-state index is 0.212. The molecule has 0 unspecified atom stereocenters. The van der Waals surface area contributed by atoms with E-state index in [1.807, 2.05) is 30.3 Å². The summed E-state index contributed by atoms with van der Waals surface area (Å²) in [6.45, 7) is 4.99. The van der Waals surface area contributed by atoms with Crippen LogP contribution in [0.5, 0.6) is 0 Å². The third kappa shape index (κ3) is 4.29. The summed E-state index contributed by atoms with van der Waals surface area (Å²) in [5, 5.41) is 0. The first-order chi connectivity index (χ1) is 12.2. The normalized spacial score (nSPS) is 19.5. The van der Waals surface area contributed by atoms with Gasteiger partial charge in [-0.1, -0.05) is 30.3 Å². The van der Waals surface area contributed by atoms with Gasteiger partial charge in [-0.05, 0) is 32.4 Å². The maximum absolute atomic E-state index is 12.5. The molecule has 0 spiro atoms. The van der Waals surface area contributed by atoms with E-state index in [-0.39, 0.29) is 13.2 Å². The highest BCUT2D eigenvalue weighted by Gasteiger charge is 2.53. The van der Waals surface area contributed by atoms with Crippen LogP contribution in [-0.2, 0) is 30.4 Å². The standard InChI is InChI=1S/C19H23NO6/c1-18(2,3)26-17(23)20-15(21)10-11-19(20,16(22)24-4)13-25-12-14-8-6-5-7-9-14/h5-11H,12-13H2,1-4H3/t19-/m0/s1. The summed E-state index contributed by atoms with van der Waals surface area (Å²) in [4.78, 5) is 38.0. The quantitative estimate of drug-likeness (QED) is 0.749. The van der Waals surface area contributed by atoms with E-state index < -0.39 is 29.1 Å². The van der Waals surface area contributed by atoms with Gasteiger partial charge in [0.15, 0.2) is 5.54 Å². The number of rotatable bonds is 5. The fourth-order valence-corrected chi connectivity index (χ4v) is 2.52. The number of ether oxygens (including phenoxy) is 3. The van der Waals surface area contributed by atoms with E-state index in [4.69, 9.17) is 14.2 Å². The first-order valence-corrected chi connectivity index (χ1v) is 8.16. The lowest BCUT2D eigenvalue weighted by atomic mass is 10.0. The Hall–Kier alpha value is -2.67. The summed E-state index contributed by atoms with van der Waals surface area (Å²) in [5.74, 6) is -1.44. The highest BCUT2D eigenvalue weighted by molar-refractivity contribution is 6.08. The van der Waals surface area contributed by atoms with E-state index in [9.17, 15) is 14.4 Å². The molecule has 2 rings (SSSR count). The molecule has 1 aromatic carbocycles.